The normalized spacial score (nSPS) is 15.9. The van der Waals surface area contributed by atoms with Crippen molar-refractivity contribution in [1.29, 1.82) is 0 Å². The molecule has 2 heterocycles. The smallest absolute Gasteiger partial charge is 0.345 e. The first-order valence-electron chi connectivity index (χ1n) is 10.0. The summed E-state index contributed by atoms with van der Waals surface area (Å²) < 4.78 is 5.38. The van der Waals surface area contributed by atoms with Crippen LogP contribution in [0.2, 0.25) is 0 Å². The molecule has 0 saturated carbocycles. The monoisotopic (exact) mass is 418 g/mol. The van der Waals surface area contributed by atoms with Crippen LogP contribution in [-0.4, -0.2) is 23.7 Å². The van der Waals surface area contributed by atoms with Gasteiger partial charge in [-0.3, -0.25) is 9.59 Å². The number of hydrogen-bond acceptors (Lipinski definition) is 5. The Labute approximate surface area is 182 Å². The highest BCUT2D eigenvalue weighted by Gasteiger charge is 2.37. The third-order valence-electron chi connectivity index (χ3n) is 5.70. The maximum atomic E-state index is 13.0. The first-order valence-corrected chi connectivity index (χ1v) is 10.0. The molecule has 4 aromatic rings. The molecule has 0 bridgehead atoms. The van der Waals surface area contributed by atoms with Crippen LogP contribution in [0.4, 0.5) is 11.4 Å². The summed E-state index contributed by atoms with van der Waals surface area (Å²) in [5, 5.41) is 1.43. The summed E-state index contributed by atoms with van der Waals surface area (Å²) in [5.41, 5.74) is 2.94. The van der Waals surface area contributed by atoms with Gasteiger partial charge in [-0.05, 0) is 36.4 Å². The average molecular weight is 418 g/mol. The molecule has 0 N–H and O–H groups in total. The van der Waals surface area contributed by atoms with E-state index in [1.165, 1.54) is 4.90 Å². The number of ether oxygens (including phenoxy) is 1. The summed E-state index contributed by atoms with van der Waals surface area (Å²) in [7, 11) is 0. The van der Waals surface area contributed by atoms with Gasteiger partial charge in [0.05, 0.1) is 33.6 Å². The van der Waals surface area contributed by atoms with E-state index in [0.717, 1.165) is 5.39 Å². The molecule has 6 heteroatoms. The quantitative estimate of drug-likeness (QED) is 0.343. The number of anilines is 1. The molecule has 0 unspecified atom stereocenters. The molecule has 2 aliphatic rings. The molecular formula is C26H14N2O4. The molecule has 152 valence electrons. The minimum Gasteiger partial charge on any atom is -0.403 e. The Morgan fingerprint density at radius 1 is 0.594 bits per heavy atom. The van der Waals surface area contributed by atoms with Crippen LogP contribution in [0.25, 0.3) is 10.8 Å². The molecule has 0 atom stereocenters. The van der Waals surface area contributed by atoms with Crippen molar-refractivity contribution in [3.8, 4) is 0 Å². The fraction of sp³-hybridized carbons (Fsp3) is 0. The van der Waals surface area contributed by atoms with Gasteiger partial charge in [-0.15, -0.1) is 0 Å². The zero-order valence-corrected chi connectivity index (χ0v) is 16.6. The van der Waals surface area contributed by atoms with E-state index in [-0.39, 0.29) is 17.7 Å². The number of imide groups is 1. The predicted molar refractivity (Wildman–Crippen MR) is 120 cm³/mol. The van der Waals surface area contributed by atoms with E-state index < -0.39 is 5.97 Å². The number of carbonyl (C=O) groups is 3. The molecule has 6 rings (SSSR count). The Hall–Kier alpha value is -4.58. The third-order valence-corrected chi connectivity index (χ3v) is 5.70. The second kappa shape index (κ2) is 6.72. The van der Waals surface area contributed by atoms with E-state index in [1.807, 2.05) is 18.2 Å². The van der Waals surface area contributed by atoms with Crippen molar-refractivity contribution in [2.75, 3.05) is 4.90 Å². The molecule has 2 amide bonds. The second-order valence-electron chi connectivity index (χ2n) is 7.49. The molecule has 0 aliphatic carbocycles. The number of cyclic esters (lactones) is 1. The topological polar surface area (TPSA) is 76.0 Å². The van der Waals surface area contributed by atoms with Crippen LogP contribution >= 0.6 is 0 Å². The van der Waals surface area contributed by atoms with E-state index in [2.05, 4.69) is 4.99 Å². The van der Waals surface area contributed by atoms with Crippen LogP contribution in [0.15, 0.2) is 89.9 Å². The van der Waals surface area contributed by atoms with Crippen LogP contribution in [0, 0.1) is 0 Å². The Morgan fingerprint density at radius 2 is 1.19 bits per heavy atom. The number of nitrogens with zero attached hydrogens (tertiary/aromatic N) is 2. The Morgan fingerprint density at radius 3 is 1.91 bits per heavy atom. The van der Waals surface area contributed by atoms with Crippen molar-refractivity contribution in [3.63, 3.8) is 0 Å². The number of rotatable bonds is 2. The van der Waals surface area contributed by atoms with E-state index in [4.69, 9.17) is 4.74 Å². The van der Waals surface area contributed by atoms with Crippen LogP contribution in [0.1, 0.15) is 36.6 Å². The van der Waals surface area contributed by atoms with E-state index in [9.17, 15) is 14.4 Å². The summed E-state index contributed by atoms with van der Waals surface area (Å²) in [6.07, 6.45) is 0. The highest BCUT2D eigenvalue weighted by molar-refractivity contribution is 6.36. The summed E-state index contributed by atoms with van der Waals surface area (Å²) in [5.74, 6) is -0.919. The van der Waals surface area contributed by atoms with Crippen LogP contribution in [0.3, 0.4) is 0 Å². The standard InChI is InChI=1S/C26H14N2O4/c29-24-18-8-2-3-9-19(18)25(30)28(24)22-14-6-11-15-16(22)12-5-13-21(15)27-23-17-7-1-4-10-20(17)26(31)32-23/h1-14H. The number of hydrogen-bond donors (Lipinski definition) is 0. The molecule has 0 saturated heterocycles. The van der Waals surface area contributed by atoms with Crippen molar-refractivity contribution in [2.45, 2.75) is 0 Å². The first kappa shape index (κ1) is 18.2. The number of carbonyl (C=O) groups excluding carboxylic acids is 3. The maximum Gasteiger partial charge on any atom is 0.345 e. The van der Waals surface area contributed by atoms with Crippen molar-refractivity contribution in [3.05, 3.63) is 107 Å². The number of benzene rings is 4. The van der Waals surface area contributed by atoms with Gasteiger partial charge in [0, 0.05) is 10.8 Å². The predicted octanol–water partition coefficient (Wildman–Crippen LogP) is 4.89. The van der Waals surface area contributed by atoms with Gasteiger partial charge in [-0.2, -0.15) is 0 Å². The first-order chi connectivity index (χ1) is 15.6. The molecule has 32 heavy (non-hydrogen) atoms. The number of aliphatic imine (C=N–C) groups is 1. The molecule has 6 nitrogen and oxygen atoms in total. The Bertz CT molecular complexity index is 1480. The lowest BCUT2D eigenvalue weighted by Gasteiger charge is -2.17. The molecular weight excluding hydrogens is 404 g/mol. The lowest BCUT2D eigenvalue weighted by molar-refractivity contribution is 0.0736. The van der Waals surface area contributed by atoms with Gasteiger partial charge in [0.1, 0.15) is 0 Å². The van der Waals surface area contributed by atoms with E-state index >= 15 is 0 Å². The summed E-state index contributed by atoms with van der Waals surface area (Å²) >= 11 is 0. The molecule has 0 radical (unpaired) electrons. The third kappa shape index (κ3) is 2.53. The molecule has 4 aromatic carbocycles. The van der Waals surface area contributed by atoms with Crippen LogP contribution in [0.5, 0.6) is 0 Å². The molecule has 0 spiro atoms. The Balaban J connectivity index is 1.50. The minimum atomic E-state index is -0.439. The SMILES string of the molecule is O=C1OC(=Nc2cccc3c(N4C(=O)c5ccccc5C4=O)cccc23)c2ccccc21. The van der Waals surface area contributed by atoms with Gasteiger partial charge < -0.3 is 4.74 Å². The van der Waals surface area contributed by atoms with Crippen molar-refractivity contribution < 1.29 is 19.1 Å². The second-order valence-corrected chi connectivity index (χ2v) is 7.49. The van der Waals surface area contributed by atoms with Gasteiger partial charge in [-0.1, -0.05) is 48.5 Å². The minimum absolute atomic E-state index is 0.226. The maximum absolute atomic E-state index is 13.0. The summed E-state index contributed by atoms with van der Waals surface area (Å²) in [6, 6.07) is 24.7. The summed E-state index contributed by atoms with van der Waals surface area (Å²) in [6.45, 7) is 0. The highest BCUT2D eigenvalue weighted by atomic mass is 16.5. The molecule has 2 aliphatic heterocycles. The fourth-order valence-corrected chi connectivity index (χ4v) is 4.22. The largest absolute Gasteiger partial charge is 0.403 e. The molecule has 0 aromatic heterocycles. The van der Waals surface area contributed by atoms with E-state index in [0.29, 0.717) is 39.0 Å². The average Bonchev–Trinajstić information content (AvgIpc) is 3.27. The van der Waals surface area contributed by atoms with Crippen LogP contribution in [-0.2, 0) is 4.74 Å². The van der Waals surface area contributed by atoms with Gasteiger partial charge in [-0.25, -0.2) is 14.7 Å². The fourth-order valence-electron chi connectivity index (χ4n) is 4.22. The zero-order chi connectivity index (χ0) is 21.8. The van der Waals surface area contributed by atoms with Crippen molar-refractivity contribution in [1.82, 2.24) is 0 Å². The van der Waals surface area contributed by atoms with Gasteiger partial charge >= 0.3 is 5.97 Å². The number of fused-ring (bicyclic) bond motifs is 3. The Kier molecular flexibility index (Phi) is 3.82. The van der Waals surface area contributed by atoms with Crippen molar-refractivity contribution >= 4 is 45.8 Å². The number of esters is 1. The summed E-state index contributed by atoms with van der Waals surface area (Å²) in [4.78, 5) is 44.0. The van der Waals surface area contributed by atoms with E-state index in [1.54, 1.807) is 66.7 Å². The zero-order valence-electron chi connectivity index (χ0n) is 16.6. The molecule has 0 fully saturated rings. The highest BCUT2D eigenvalue weighted by Crippen LogP contribution is 2.37. The van der Waals surface area contributed by atoms with Crippen molar-refractivity contribution in [2.24, 2.45) is 4.99 Å². The lowest BCUT2D eigenvalue weighted by atomic mass is 10.1. The van der Waals surface area contributed by atoms with Gasteiger partial charge in [0.15, 0.2) is 0 Å². The number of amides is 2. The van der Waals surface area contributed by atoms with Gasteiger partial charge in [0.25, 0.3) is 11.8 Å². The van der Waals surface area contributed by atoms with Crippen LogP contribution < -0.4 is 4.90 Å². The lowest BCUT2D eigenvalue weighted by Crippen LogP contribution is -2.29. The van der Waals surface area contributed by atoms with Gasteiger partial charge in [0.2, 0.25) is 5.90 Å².